The first-order valence-corrected chi connectivity index (χ1v) is 1.55. The number of hydrogen-bond acceptors (Lipinski definition) is 2. The number of alkyl halides is 2. The number of ether oxygens (including phenoxy) is 1. The molecule has 0 aliphatic carbocycles. The smallest absolute Gasteiger partial charge is 0.396 e. The Balaban J connectivity index is 3.34. The monoisotopic (exact) mass is 110 g/mol. The van der Waals surface area contributed by atoms with Gasteiger partial charge >= 0.3 is 6.11 Å². The number of rotatable bonds is 2. The van der Waals surface area contributed by atoms with Gasteiger partial charge in [0.05, 0.1) is 0 Å². The number of carbonyl (C=O) groups excluding carboxylic acids is 1. The molecular weight excluding hydrogens is 106 g/mol. The minimum atomic E-state index is -3.32. The van der Waals surface area contributed by atoms with Gasteiger partial charge in [0.2, 0.25) is 0 Å². The largest absolute Gasteiger partial charge is 0.403 e. The topological polar surface area (TPSA) is 26.3 Å². The van der Waals surface area contributed by atoms with Crippen LogP contribution in [0.5, 0.6) is 0 Å². The summed E-state index contributed by atoms with van der Waals surface area (Å²) in [4.78, 5) is 9.12. The van der Waals surface area contributed by atoms with E-state index >= 15 is 0 Å². The van der Waals surface area contributed by atoms with Gasteiger partial charge < -0.3 is 4.74 Å². The van der Waals surface area contributed by atoms with Crippen molar-refractivity contribution >= 4 is 6.47 Å². The van der Waals surface area contributed by atoms with Crippen molar-refractivity contribution in [1.82, 2.24) is 0 Å². The Morgan fingerprint density at radius 3 is 2.14 bits per heavy atom. The number of hydrogen-bond donors (Lipinski definition) is 0. The van der Waals surface area contributed by atoms with E-state index in [2.05, 4.69) is 4.74 Å². The van der Waals surface area contributed by atoms with Gasteiger partial charge in [-0.3, -0.25) is 4.79 Å². The van der Waals surface area contributed by atoms with Crippen molar-refractivity contribution in [2.24, 2.45) is 0 Å². The van der Waals surface area contributed by atoms with Gasteiger partial charge in [-0.2, -0.15) is 8.78 Å². The van der Waals surface area contributed by atoms with Crippen LogP contribution in [0.3, 0.4) is 0 Å². The van der Waals surface area contributed by atoms with E-state index in [4.69, 9.17) is 4.79 Å². The molecule has 0 aromatic heterocycles. The van der Waals surface area contributed by atoms with Gasteiger partial charge in [0.25, 0.3) is 6.47 Å². The molecule has 0 saturated carbocycles. The van der Waals surface area contributed by atoms with Crippen molar-refractivity contribution < 1.29 is 18.3 Å². The maximum Gasteiger partial charge on any atom is 0.396 e. The highest BCUT2D eigenvalue weighted by molar-refractivity contribution is 5.37. The zero-order valence-corrected chi connectivity index (χ0v) is 3.65. The van der Waals surface area contributed by atoms with E-state index in [-0.39, 0.29) is 6.47 Å². The minimum Gasteiger partial charge on any atom is -0.403 e. The summed E-state index contributed by atoms with van der Waals surface area (Å²) in [6.07, 6.45) is -3.32. The molecule has 0 aliphatic heterocycles. The van der Waals surface area contributed by atoms with E-state index in [1.165, 1.54) is 0 Å². The van der Waals surface area contributed by atoms with Crippen LogP contribution < -0.4 is 0 Å². The first-order chi connectivity index (χ1) is 3.06. The molecular formula is C3H4F2O2. The van der Waals surface area contributed by atoms with Crippen LogP contribution in [0.1, 0.15) is 6.92 Å². The lowest BCUT2D eigenvalue weighted by molar-refractivity contribution is -0.209. The average Bonchev–Trinajstić information content (AvgIpc) is 1.30. The molecule has 2 nitrogen and oxygen atoms in total. The van der Waals surface area contributed by atoms with Crippen LogP contribution in [0.15, 0.2) is 0 Å². The predicted octanol–water partition coefficient (Wildman–Crippen LogP) is 0.772. The van der Waals surface area contributed by atoms with Crippen LogP contribution in [0.25, 0.3) is 0 Å². The zero-order chi connectivity index (χ0) is 5.91. The highest BCUT2D eigenvalue weighted by Gasteiger charge is 2.20. The highest BCUT2D eigenvalue weighted by atomic mass is 19.3. The van der Waals surface area contributed by atoms with E-state index in [0.29, 0.717) is 6.92 Å². The Morgan fingerprint density at radius 1 is 1.71 bits per heavy atom. The second kappa shape index (κ2) is 1.86. The van der Waals surface area contributed by atoms with Gasteiger partial charge in [-0.05, 0) is 0 Å². The summed E-state index contributed by atoms with van der Waals surface area (Å²) in [7, 11) is 0. The maximum atomic E-state index is 11.3. The van der Waals surface area contributed by atoms with Gasteiger partial charge in [0.15, 0.2) is 0 Å². The van der Waals surface area contributed by atoms with E-state index in [9.17, 15) is 8.78 Å². The van der Waals surface area contributed by atoms with Gasteiger partial charge in [-0.1, -0.05) is 0 Å². The summed E-state index contributed by atoms with van der Waals surface area (Å²) in [6, 6.07) is 0. The second-order valence-corrected chi connectivity index (χ2v) is 1.02. The van der Waals surface area contributed by atoms with Gasteiger partial charge in [0.1, 0.15) is 0 Å². The summed E-state index contributed by atoms with van der Waals surface area (Å²) in [6.45, 7) is 0.196. The molecule has 0 spiro atoms. The molecule has 0 atom stereocenters. The summed E-state index contributed by atoms with van der Waals surface area (Å²) >= 11 is 0. The standard InChI is InChI=1S/C3H4F2O2/c1-3(4,5)7-2-6/h2H,1H3. The molecule has 0 saturated heterocycles. The van der Waals surface area contributed by atoms with Crippen molar-refractivity contribution in [3.63, 3.8) is 0 Å². The van der Waals surface area contributed by atoms with E-state index in [1.54, 1.807) is 0 Å². The maximum absolute atomic E-state index is 11.3. The Labute approximate surface area is 39.1 Å². The third-order valence-corrected chi connectivity index (χ3v) is 0.255. The van der Waals surface area contributed by atoms with Crippen molar-refractivity contribution in [2.75, 3.05) is 0 Å². The lowest BCUT2D eigenvalue weighted by Gasteiger charge is -2.03. The molecule has 0 aliphatic rings. The minimum absolute atomic E-state index is 0.292. The van der Waals surface area contributed by atoms with Gasteiger partial charge in [-0.15, -0.1) is 0 Å². The fourth-order valence-corrected chi connectivity index (χ4v) is 0.0845. The Morgan fingerprint density at radius 2 is 2.14 bits per heavy atom. The fraction of sp³-hybridized carbons (Fsp3) is 0.667. The van der Waals surface area contributed by atoms with Crippen molar-refractivity contribution in [3.05, 3.63) is 0 Å². The molecule has 0 rings (SSSR count). The number of carbonyl (C=O) groups is 1. The van der Waals surface area contributed by atoms with E-state index in [1.807, 2.05) is 0 Å². The van der Waals surface area contributed by atoms with Crippen LogP contribution in [0.4, 0.5) is 8.78 Å². The molecule has 0 fully saturated rings. The number of halogens is 2. The summed E-state index contributed by atoms with van der Waals surface area (Å²) < 4.78 is 25.8. The van der Waals surface area contributed by atoms with Crippen LogP contribution in [0.2, 0.25) is 0 Å². The first kappa shape index (κ1) is 6.33. The van der Waals surface area contributed by atoms with Crippen LogP contribution >= 0.6 is 0 Å². The Bertz CT molecular complexity index is 65.8. The Hall–Kier alpha value is -0.670. The summed E-state index contributed by atoms with van der Waals surface area (Å²) in [5.41, 5.74) is 0. The quantitative estimate of drug-likeness (QED) is 0.491. The highest BCUT2D eigenvalue weighted by Crippen LogP contribution is 2.10. The third kappa shape index (κ3) is 5.33. The lowest BCUT2D eigenvalue weighted by atomic mass is 10.7. The van der Waals surface area contributed by atoms with Crippen LogP contribution in [0, 0.1) is 0 Å². The van der Waals surface area contributed by atoms with Gasteiger partial charge in [-0.25, -0.2) is 0 Å². The van der Waals surface area contributed by atoms with E-state index in [0.717, 1.165) is 0 Å². The molecule has 0 aromatic rings. The second-order valence-electron chi connectivity index (χ2n) is 1.02. The predicted molar refractivity (Wildman–Crippen MR) is 17.8 cm³/mol. The molecule has 0 radical (unpaired) electrons. The lowest BCUT2D eigenvalue weighted by Crippen LogP contribution is -2.13. The van der Waals surface area contributed by atoms with Gasteiger partial charge in [0, 0.05) is 6.92 Å². The van der Waals surface area contributed by atoms with Crippen molar-refractivity contribution in [3.8, 4) is 0 Å². The van der Waals surface area contributed by atoms with Crippen LogP contribution in [-0.4, -0.2) is 12.6 Å². The normalized spacial score (nSPS) is 10.7. The zero-order valence-electron chi connectivity index (χ0n) is 3.65. The fourth-order valence-electron chi connectivity index (χ4n) is 0.0845. The molecule has 42 valence electrons. The SMILES string of the molecule is CC(F)(F)OC=O. The summed E-state index contributed by atoms with van der Waals surface area (Å²) in [5.74, 6) is 0. The van der Waals surface area contributed by atoms with Crippen molar-refractivity contribution in [2.45, 2.75) is 13.0 Å². The first-order valence-electron chi connectivity index (χ1n) is 1.55. The summed E-state index contributed by atoms with van der Waals surface area (Å²) in [5, 5.41) is 0. The van der Waals surface area contributed by atoms with Crippen LogP contribution in [-0.2, 0) is 9.53 Å². The van der Waals surface area contributed by atoms with Crippen molar-refractivity contribution in [1.29, 1.82) is 0 Å². The molecule has 7 heavy (non-hydrogen) atoms. The van der Waals surface area contributed by atoms with E-state index < -0.39 is 6.11 Å². The molecule has 0 amide bonds. The average molecular weight is 110 g/mol. The molecule has 0 N–H and O–H groups in total. The molecule has 0 aromatic carbocycles. The Kier molecular flexibility index (Phi) is 1.68. The molecule has 0 unspecified atom stereocenters. The molecule has 0 heterocycles. The third-order valence-electron chi connectivity index (χ3n) is 0.255. The molecule has 0 bridgehead atoms. The molecule has 4 heteroatoms.